The first-order valence-electron chi connectivity index (χ1n) is 0.628. The van der Waals surface area contributed by atoms with Gasteiger partial charge in [0.25, 0.3) is 0 Å². The Morgan fingerprint density at radius 3 is 1.40 bits per heavy atom. The van der Waals surface area contributed by atoms with E-state index in [1.54, 1.807) is 0 Å². The summed E-state index contributed by atoms with van der Waals surface area (Å²) in [5, 5.41) is 12.0. The van der Waals surface area contributed by atoms with Crippen LogP contribution in [0.2, 0.25) is 0 Å². The van der Waals surface area contributed by atoms with E-state index in [2.05, 4.69) is 0 Å². The zero-order valence-corrected chi connectivity index (χ0v) is 3.81. The fraction of sp³-hybridized carbons (Fsp3) is 0. The summed E-state index contributed by atoms with van der Waals surface area (Å²) in [7, 11) is 0. The van der Waals surface area contributed by atoms with Crippen LogP contribution in [-0.2, 0) is 22.8 Å². The maximum atomic E-state index is 8.61. The maximum absolute atomic E-state index is 8.61. The van der Waals surface area contributed by atoms with Gasteiger partial charge in [-0.05, 0) is 0 Å². The fourth-order valence-electron chi connectivity index (χ4n) is 0. The van der Waals surface area contributed by atoms with Gasteiger partial charge in [-0.15, -0.1) is 0 Å². The van der Waals surface area contributed by atoms with Crippen molar-refractivity contribution in [3.63, 3.8) is 0 Å². The molecule has 3 N–H and O–H groups in total. The number of rotatable bonds is 0. The van der Waals surface area contributed by atoms with Gasteiger partial charge in [0.1, 0.15) is 0 Å². The van der Waals surface area contributed by atoms with Gasteiger partial charge in [0.2, 0.25) is 0 Å². The van der Waals surface area contributed by atoms with Gasteiger partial charge in [-0.2, -0.15) is 0 Å². The third-order valence-corrected chi connectivity index (χ3v) is 0. The van der Waals surface area contributed by atoms with Gasteiger partial charge in [-0.3, -0.25) is 10.5 Å². The van der Waals surface area contributed by atoms with E-state index < -0.39 is 19.5 Å². The van der Waals surface area contributed by atoms with E-state index in [0.717, 1.165) is 0 Å². The molecule has 0 saturated carbocycles. The summed E-state index contributed by atoms with van der Waals surface area (Å²) in [6, 6.07) is 0. The van der Waals surface area contributed by atoms with Crippen LogP contribution in [0.5, 0.6) is 0 Å². The van der Waals surface area contributed by atoms with Crippen LogP contribution in [0.3, 0.4) is 0 Å². The summed E-state index contributed by atoms with van der Waals surface area (Å²) in [6.07, 6.45) is 0. The van der Waals surface area contributed by atoms with Crippen molar-refractivity contribution in [2.45, 2.75) is 0 Å². The van der Waals surface area contributed by atoms with E-state index in [9.17, 15) is 0 Å². The Bertz CT molecular complexity index is 11.1. The quantitative estimate of drug-likeness (QED) is 0.222. The average molecular weight is 115 g/mol. The first-order valence-corrected chi connectivity index (χ1v) is 1.96. The summed E-state index contributed by atoms with van der Waals surface area (Å²) >= 11 is -1.75. The van der Waals surface area contributed by atoms with Crippen LogP contribution in [0.1, 0.15) is 0 Å². The van der Waals surface area contributed by atoms with E-state index in [1.807, 2.05) is 0 Å². The molecule has 0 rings (SSSR count). The van der Waals surface area contributed by atoms with Gasteiger partial charge in [0, 0.05) is 0 Å². The summed E-state index contributed by atoms with van der Waals surface area (Å²) in [6.45, 7) is 0. The number of hydrogen-bond acceptors (Lipinski definition) is 3. The summed E-state index contributed by atoms with van der Waals surface area (Å²) in [5.41, 5.74) is 0. The minimum atomic E-state index is -1.75. The van der Waals surface area contributed by atoms with Crippen LogP contribution < -0.4 is 0 Å². The van der Waals surface area contributed by atoms with E-state index in [4.69, 9.17) is 17.5 Å². The molecular formula is H3O4Ti. The van der Waals surface area contributed by atoms with Gasteiger partial charge >= 0.3 is 26.5 Å². The Morgan fingerprint density at radius 1 is 1.40 bits per heavy atom. The van der Waals surface area contributed by atoms with Crippen molar-refractivity contribution in [2.75, 3.05) is 0 Å². The zero-order valence-electron chi connectivity index (χ0n) is 2.25. The molecule has 0 heterocycles. The van der Waals surface area contributed by atoms with Crippen LogP contribution in [-0.4, -0.2) is 14.2 Å². The topological polar surface area (TPSA) is 77.8 Å². The standard InChI is InChI=1S/H2O2.H2O.O.Ti/c1-2;;;/h1-2H;1H2;;/q;;;+1/p-1. The van der Waals surface area contributed by atoms with Crippen molar-refractivity contribution in [2.24, 2.45) is 0 Å². The molecule has 0 fully saturated rings. The Labute approximate surface area is 37.7 Å². The molecular weight excluding hydrogens is 112 g/mol. The molecule has 0 aliphatic rings. The van der Waals surface area contributed by atoms with Crippen LogP contribution in [0, 0.1) is 0 Å². The predicted octanol–water partition coefficient (Wildman–Crippen LogP) is -0.661. The summed E-state index contributed by atoms with van der Waals surface area (Å²) < 4.78 is 15.8. The molecule has 5 heavy (non-hydrogen) atoms. The SMILES string of the molecule is OO.[O]=[Ti][OH]. The molecule has 0 unspecified atom stereocenters. The molecule has 0 aromatic heterocycles. The fourth-order valence-corrected chi connectivity index (χ4v) is 0. The van der Waals surface area contributed by atoms with Crippen LogP contribution in [0.25, 0.3) is 0 Å². The van der Waals surface area contributed by atoms with Crippen molar-refractivity contribution in [1.29, 1.82) is 0 Å². The monoisotopic (exact) mass is 115 g/mol. The number of hydrogen-bond donors (Lipinski definition) is 3. The second kappa shape index (κ2) is 26.0. The van der Waals surface area contributed by atoms with Crippen molar-refractivity contribution < 1.29 is 37.0 Å². The van der Waals surface area contributed by atoms with Crippen LogP contribution in [0.4, 0.5) is 0 Å². The first kappa shape index (κ1) is 9.04. The predicted molar refractivity (Wildman–Crippen MR) is 8.16 cm³/mol. The zero-order chi connectivity index (χ0) is 4.71. The van der Waals surface area contributed by atoms with Crippen molar-refractivity contribution in [1.82, 2.24) is 0 Å². The molecule has 31 valence electrons. The van der Waals surface area contributed by atoms with E-state index >= 15 is 0 Å². The molecule has 0 aliphatic carbocycles. The van der Waals surface area contributed by atoms with Crippen molar-refractivity contribution >= 4 is 0 Å². The molecule has 0 aromatic rings. The normalized spacial score (nSPS) is 3.00. The average Bonchev–Trinajstić information content (AvgIpc) is 1.46. The molecule has 0 radical (unpaired) electrons. The molecule has 0 saturated heterocycles. The van der Waals surface area contributed by atoms with Gasteiger partial charge in [-0.1, -0.05) is 0 Å². The van der Waals surface area contributed by atoms with E-state index in [0.29, 0.717) is 0 Å². The minimum absolute atomic E-state index is 1.75. The molecule has 0 amide bonds. The Balaban J connectivity index is 0. The van der Waals surface area contributed by atoms with E-state index in [1.165, 1.54) is 0 Å². The van der Waals surface area contributed by atoms with Gasteiger partial charge < -0.3 is 0 Å². The summed E-state index contributed by atoms with van der Waals surface area (Å²) in [5.74, 6) is 0. The third-order valence-electron chi connectivity index (χ3n) is 0. The van der Waals surface area contributed by atoms with Crippen LogP contribution >= 0.6 is 0 Å². The molecule has 0 spiro atoms. The summed E-state index contributed by atoms with van der Waals surface area (Å²) in [4.78, 5) is 0. The molecule has 5 heteroatoms. The van der Waals surface area contributed by atoms with Crippen LogP contribution in [0.15, 0.2) is 0 Å². The Hall–Kier alpha value is 0.394. The Kier molecular flexibility index (Phi) is 47.1. The molecule has 0 atom stereocenters. The van der Waals surface area contributed by atoms with Crippen molar-refractivity contribution in [3.8, 4) is 0 Å². The van der Waals surface area contributed by atoms with Gasteiger partial charge in [0.05, 0.1) is 0 Å². The molecule has 0 aromatic carbocycles. The molecule has 0 bridgehead atoms. The first-order chi connectivity index (χ1) is 2.41. The van der Waals surface area contributed by atoms with E-state index in [-0.39, 0.29) is 0 Å². The van der Waals surface area contributed by atoms with Gasteiger partial charge in [0.15, 0.2) is 0 Å². The van der Waals surface area contributed by atoms with Crippen molar-refractivity contribution in [3.05, 3.63) is 0 Å². The van der Waals surface area contributed by atoms with Gasteiger partial charge in [-0.25, -0.2) is 0 Å². The second-order valence-corrected chi connectivity index (χ2v) is 0.376. The molecule has 0 aliphatic heterocycles. The second-order valence-electron chi connectivity index (χ2n) is 0.0913. The third kappa shape index (κ3) is 162. The molecule has 4 nitrogen and oxygen atoms in total. The Morgan fingerprint density at radius 2 is 1.40 bits per heavy atom.